The van der Waals surface area contributed by atoms with Gasteiger partial charge in [0, 0.05) is 0 Å². The lowest BCUT2D eigenvalue weighted by Gasteiger charge is -2.04. The van der Waals surface area contributed by atoms with Crippen molar-refractivity contribution in [3.05, 3.63) is 23.8 Å². The third-order valence-electron chi connectivity index (χ3n) is 1.52. The molecule has 0 unspecified atom stereocenters. The lowest BCUT2D eigenvalue weighted by molar-refractivity contribution is 0.0552. The van der Waals surface area contributed by atoms with Gasteiger partial charge < -0.3 is 14.9 Å². The minimum atomic E-state index is -0.767. The average molecular weight is 192 g/mol. The van der Waals surface area contributed by atoms with Gasteiger partial charge in [-0.2, -0.15) is 0 Å². The minimum Gasteiger partial charge on any atom is -0.504 e. The summed E-state index contributed by atoms with van der Waals surface area (Å²) in [5.41, 5.74) is -0.111. The second-order valence-corrected chi connectivity index (χ2v) is 2.45. The van der Waals surface area contributed by atoms with E-state index in [1.807, 2.05) is 0 Å². The Labute approximate surface area is 80.8 Å². The van der Waals surface area contributed by atoms with Crippen LogP contribution in [0.5, 0.6) is 11.5 Å². The first-order chi connectivity index (χ1) is 6.66. The highest BCUT2D eigenvalue weighted by molar-refractivity contribution is 5.93. The zero-order valence-electron chi connectivity index (χ0n) is 7.23. The van der Waals surface area contributed by atoms with Crippen LogP contribution in [0.1, 0.15) is 10.4 Å². The van der Waals surface area contributed by atoms with E-state index in [1.54, 1.807) is 0 Å². The molecule has 4 nitrogen and oxygen atoms in total. The van der Waals surface area contributed by atoms with Gasteiger partial charge in [-0.05, 0) is 12.1 Å². The maximum Gasteiger partial charge on any atom is 0.343 e. The third-order valence-corrected chi connectivity index (χ3v) is 1.52. The molecule has 0 aliphatic carbocycles. The Morgan fingerprint density at radius 3 is 2.86 bits per heavy atom. The zero-order chi connectivity index (χ0) is 10.6. The SMILES string of the molecule is C#CCOC(=O)c1cccc(O)c1O. The van der Waals surface area contributed by atoms with Gasteiger partial charge in [0.1, 0.15) is 5.56 Å². The van der Waals surface area contributed by atoms with E-state index in [0.717, 1.165) is 0 Å². The van der Waals surface area contributed by atoms with E-state index in [-0.39, 0.29) is 17.9 Å². The highest BCUT2D eigenvalue weighted by atomic mass is 16.5. The quantitative estimate of drug-likeness (QED) is 0.415. The van der Waals surface area contributed by atoms with Crippen LogP contribution in [0.25, 0.3) is 0 Å². The van der Waals surface area contributed by atoms with Crippen LogP contribution in [0.3, 0.4) is 0 Å². The van der Waals surface area contributed by atoms with Gasteiger partial charge in [0.25, 0.3) is 0 Å². The van der Waals surface area contributed by atoms with Gasteiger partial charge >= 0.3 is 5.97 Å². The van der Waals surface area contributed by atoms with Crippen molar-refractivity contribution in [3.63, 3.8) is 0 Å². The number of benzene rings is 1. The molecule has 0 saturated heterocycles. The molecule has 0 bridgehead atoms. The molecule has 0 atom stereocenters. The summed E-state index contributed by atoms with van der Waals surface area (Å²) in [6.07, 6.45) is 4.88. The van der Waals surface area contributed by atoms with Crippen molar-refractivity contribution < 1.29 is 19.7 Å². The van der Waals surface area contributed by atoms with Gasteiger partial charge in [-0.3, -0.25) is 0 Å². The van der Waals surface area contributed by atoms with Crippen LogP contribution in [-0.2, 0) is 4.74 Å². The molecule has 0 heterocycles. The molecule has 0 aliphatic rings. The Morgan fingerprint density at radius 2 is 2.21 bits per heavy atom. The van der Waals surface area contributed by atoms with Crippen LogP contribution in [0, 0.1) is 12.3 Å². The summed E-state index contributed by atoms with van der Waals surface area (Å²) in [6.45, 7) is -0.173. The number of aromatic hydroxyl groups is 2. The van der Waals surface area contributed by atoms with Crippen LogP contribution in [0.15, 0.2) is 18.2 Å². The number of hydrogen-bond acceptors (Lipinski definition) is 4. The van der Waals surface area contributed by atoms with Gasteiger partial charge in [-0.15, -0.1) is 6.42 Å². The molecule has 0 aromatic heterocycles. The molecule has 0 saturated carbocycles. The van der Waals surface area contributed by atoms with E-state index in [0.29, 0.717) is 0 Å². The number of para-hydroxylation sites is 1. The molecule has 0 spiro atoms. The highest BCUT2D eigenvalue weighted by Crippen LogP contribution is 2.28. The Morgan fingerprint density at radius 1 is 1.50 bits per heavy atom. The van der Waals surface area contributed by atoms with Crippen LogP contribution in [0.4, 0.5) is 0 Å². The molecule has 0 aliphatic heterocycles. The largest absolute Gasteiger partial charge is 0.504 e. The Bertz CT molecular complexity index is 390. The fourth-order valence-corrected chi connectivity index (χ4v) is 0.881. The summed E-state index contributed by atoms with van der Waals surface area (Å²) in [5, 5.41) is 18.3. The molecule has 14 heavy (non-hydrogen) atoms. The van der Waals surface area contributed by atoms with Gasteiger partial charge in [0.05, 0.1) is 0 Å². The second-order valence-electron chi connectivity index (χ2n) is 2.45. The molecular formula is C10H8O4. The smallest absolute Gasteiger partial charge is 0.343 e. The summed E-state index contributed by atoms with van der Waals surface area (Å²) in [7, 11) is 0. The Balaban J connectivity index is 2.91. The summed E-state index contributed by atoms with van der Waals surface area (Å²) < 4.78 is 4.57. The van der Waals surface area contributed by atoms with Crippen LogP contribution in [0.2, 0.25) is 0 Å². The molecule has 1 rings (SSSR count). The van der Waals surface area contributed by atoms with E-state index < -0.39 is 11.7 Å². The number of hydrogen-bond donors (Lipinski definition) is 2. The minimum absolute atomic E-state index is 0.111. The van der Waals surface area contributed by atoms with Gasteiger partial charge in [0.15, 0.2) is 18.1 Å². The van der Waals surface area contributed by atoms with Gasteiger partial charge in [0.2, 0.25) is 0 Å². The van der Waals surface area contributed by atoms with E-state index in [9.17, 15) is 9.90 Å². The molecule has 0 radical (unpaired) electrons. The van der Waals surface area contributed by atoms with Crippen molar-refractivity contribution in [2.45, 2.75) is 0 Å². The monoisotopic (exact) mass is 192 g/mol. The summed E-state index contributed by atoms with van der Waals surface area (Å²) in [6, 6.07) is 4.00. The number of phenolic OH excluding ortho intramolecular Hbond substituents is 2. The molecule has 1 aromatic carbocycles. The lowest BCUT2D eigenvalue weighted by Crippen LogP contribution is -2.05. The van der Waals surface area contributed by atoms with Crippen LogP contribution >= 0.6 is 0 Å². The standard InChI is InChI=1S/C10H8O4/c1-2-6-14-10(13)7-4-3-5-8(11)9(7)12/h1,3-5,11-12H,6H2. The first-order valence-electron chi connectivity index (χ1n) is 3.78. The predicted molar refractivity (Wildman–Crippen MR) is 48.9 cm³/mol. The molecular weight excluding hydrogens is 184 g/mol. The summed E-state index contributed by atoms with van der Waals surface area (Å²) in [5.74, 6) is 0.468. The van der Waals surface area contributed by atoms with Crippen molar-refractivity contribution >= 4 is 5.97 Å². The maximum atomic E-state index is 11.2. The van der Waals surface area contributed by atoms with Crippen molar-refractivity contribution in [1.82, 2.24) is 0 Å². The molecule has 72 valence electrons. The molecule has 0 amide bonds. The summed E-state index contributed by atoms with van der Waals surface area (Å²) >= 11 is 0. The second kappa shape index (κ2) is 4.19. The Hall–Kier alpha value is -2.15. The highest BCUT2D eigenvalue weighted by Gasteiger charge is 2.14. The first-order valence-corrected chi connectivity index (χ1v) is 3.78. The number of phenols is 2. The van der Waals surface area contributed by atoms with Crippen molar-refractivity contribution in [2.75, 3.05) is 6.61 Å². The number of ether oxygens (including phenoxy) is 1. The molecule has 0 fully saturated rings. The van der Waals surface area contributed by atoms with E-state index in [4.69, 9.17) is 11.5 Å². The van der Waals surface area contributed by atoms with Gasteiger partial charge in [-0.25, -0.2) is 4.79 Å². The van der Waals surface area contributed by atoms with Crippen molar-refractivity contribution in [1.29, 1.82) is 0 Å². The normalized spacial score (nSPS) is 9.07. The number of carbonyl (C=O) groups is 1. The first kappa shape index (κ1) is 9.93. The average Bonchev–Trinajstić information content (AvgIpc) is 2.18. The number of carbonyl (C=O) groups excluding carboxylic acids is 1. The van der Waals surface area contributed by atoms with Crippen LogP contribution < -0.4 is 0 Å². The topological polar surface area (TPSA) is 66.8 Å². The Kier molecular flexibility index (Phi) is 2.97. The predicted octanol–water partition coefficient (Wildman–Crippen LogP) is 0.888. The fraction of sp³-hybridized carbons (Fsp3) is 0.100. The van der Waals surface area contributed by atoms with Crippen molar-refractivity contribution in [2.24, 2.45) is 0 Å². The zero-order valence-corrected chi connectivity index (χ0v) is 7.23. The molecule has 1 aromatic rings. The van der Waals surface area contributed by atoms with E-state index in [1.165, 1.54) is 18.2 Å². The van der Waals surface area contributed by atoms with Gasteiger partial charge in [-0.1, -0.05) is 12.0 Å². The van der Waals surface area contributed by atoms with Crippen molar-refractivity contribution in [3.8, 4) is 23.8 Å². The third kappa shape index (κ3) is 1.96. The summed E-state index contributed by atoms with van der Waals surface area (Å²) in [4.78, 5) is 11.2. The number of esters is 1. The van der Waals surface area contributed by atoms with E-state index in [2.05, 4.69) is 10.7 Å². The maximum absolute atomic E-state index is 11.2. The molecule has 4 heteroatoms. The number of terminal acetylenes is 1. The number of rotatable bonds is 2. The van der Waals surface area contributed by atoms with Crippen LogP contribution in [-0.4, -0.2) is 22.8 Å². The lowest BCUT2D eigenvalue weighted by atomic mass is 10.2. The van der Waals surface area contributed by atoms with E-state index >= 15 is 0 Å². The molecule has 2 N–H and O–H groups in total. The fourth-order valence-electron chi connectivity index (χ4n) is 0.881.